The highest BCUT2D eigenvalue weighted by Gasteiger charge is 2.71. The van der Waals surface area contributed by atoms with Crippen molar-refractivity contribution in [2.24, 2.45) is 11.8 Å². The molecule has 6 nitrogen and oxygen atoms in total. The first-order chi connectivity index (χ1) is 10.8. The van der Waals surface area contributed by atoms with Crippen molar-refractivity contribution in [3.63, 3.8) is 0 Å². The van der Waals surface area contributed by atoms with Crippen molar-refractivity contribution in [3.05, 3.63) is 63.5 Å². The fraction of sp³-hybridized carbons (Fsp3) is 0.375. The predicted molar refractivity (Wildman–Crippen MR) is 77.1 cm³/mol. The second kappa shape index (κ2) is 3.35. The van der Waals surface area contributed by atoms with Gasteiger partial charge in [-0.1, -0.05) is 30.4 Å². The lowest BCUT2D eigenvalue weighted by Gasteiger charge is -2.48. The molecule has 2 bridgehead atoms. The molecule has 1 saturated heterocycles. The highest BCUT2D eigenvalue weighted by Crippen LogP contribution is 2.63. The first kappa shape index (κ1) is 11.3. The van der Waals surface area contributed by atoms with Gasteiger partial charge in [-0.15, -0.1) is 0 Å². The SMILES string of the molecule is O=c1n(-c2ccccc2)c(=O)n2n1[C@H]1C=C[C@H]2[C@H]2[C@H]3O[C@H]3[C@H]21. The van der Waals surface area contributed by atoms with Crippen LogP contribution in [0.2, 0.25) is 0 Å². The number of nitrogens with zero attached hydrogens (tertiary/aromatic N) is 3. The Morgan fingerprint density at radius 2 is 1.36 bits per heavy atom. The Balaban J connectivity index is 1.65. The van der Waals surface area contributed by atoms with Gasteiger partial charge in [-0.05, 0) is 12.1 Å². The van der Waals surface area contributed by atoms with Crippen LogP contribution in [0.5, 0.6) is 0 Å². The minimum absolute atomic E-state index is 0.0519. The number of benzene rings is 1. The van der Waals surface area contributed by atoms with Gasteiger partial charge in [0.1, 0.15) is 0 Å². The largest absolute Gasteiger partial charge is 0.369 e. The van der Waals surface area contributed by atoms with E-state index in [-0.39, 0.29) is 23.5 Å². The second-order valence-electron chi connectivity index (χ2n) is 6.51. The summed E-state index contributed by atoms with van der Waals surface area (Å²) < 4.78 is 10.2. The van der Waals surface area contributed by atoms with E-state index in [0.29, 0.717) is 29.7 Å². The van der Waals surface area contributed by atoms with Crippen LogP contribution in [0.3, 0.4) is 0 Å². The van der Waals surface area contributed by atoms with Gasteiger partial charge in [-0.25, -0.2) is 23.5 Å². The molecule has 2 aromatic rings. The van der Waals surface area contributed by atoms with Crippen LogP contribution in [0.1, 0.15) is 12.1 Å². The average molecular weight is 295 g/mol. The summed E-state index contributed by atoms with van der Waals surface area (Å²) in [5.41, 5.74) is 0.122. The van der Waals surface area contributed by atoms with E-state index in [1.54, 1.807) is 21.5 Å². The predicted octanol–water partition coefficient (Wildman–Crippen LogP) is 0.480. The lowest BCUT2D eigenvalue weighted by molar-refractivity contribution is 0.0509. The molecular formula is C16H13N3O3. The maximum atomic E-state index is 12.9. The van der Waals surface area contributed by atoms with Crippen molar-refractivity contribution in [2.45, 2.75) is 24.3 Å². The lowest BCUT2D eigenvalue weighted by Crippen LogP contribution is -2.57. The van der Waals surface area contributed by atoms with Crippen molar-refractivity contribution >= 4 is 0 Å². The summed E-state index contributed by atoms with van der Waals surface area (Å²) in [6, 6.07) is 9.02. The van der Waals surface area contributed by atoms with E-state index in [1.165, 1.54) is 4.57 Å². The van der Waals surface area contributed by atoms with Crippen LogP contribution in [0.25, 0.3) is 5.69 Å². The molecule has 110 valence electrons. The molecule has 0 radical (unpaired) electrons. The van der Waals surface area contributed by atoms with E-state index in [2.05, 4.69) is 12.2 Å². The van der Waals surface area contributed by atoms with Gasteiger partial charge in [0.05, 0.1) is 30.0 Å². The van der Waals surface area contributed by atoms with Crippen molar-refractivity contribution in [1.82, 2.24) is 13.9 Å². The standard InChI is InChI=1S/C16H13N3O3/c20-15-17(8-4-2-1-3-5-8)16(21)19-10-7-6-9(18(15)19)11-12(10)14-13(11)22-14/h1-7,9-14H/t9-,10-,11-,12+,13-,14+/m0/s1. The van der Waals surface area contributed by atoms with Crippen LogP contribution in [0.4, 0.5) is 0 Å². The number of rotatable bonds is 1. The Hall–Kier alpha value is -2.34. The number of allylic oxidation sites excluding steroid dienone is 2. The molecule has 2 aliphatic carbocycles. The molecule has 22 heavy (non-hydrogen) atoms. The molecule has 7 rings (SSSR count). The van der Waals surface area contributed by atoms with E-state index in [1.807, 2.05) is 18.2 Å². The topological polar surface area (TPSA) is 61.5 Å². The van der Waals surface area contributed by atoms with Crippen LogP contribution < -0.4 is 11.4 Å². The third-order valence-corrected chi connectivity index (χ3v) is 5.64. The maximum Gasteiger partial charge on any atom is 0.352 e. The van der Waals surface area contributed by atoms with E-state index >= 15 is 0 Å². The summed E-state index contributed by atoms with van der Waals surface area (Å²) >= 11 is 0. The van der Waals surface area contributed by atoms with Gasteiger partial charge >= 0.3 is 11.4 Å². The van der Waals surface area contributed by atoms with Crippen molar-refractivity contribution < 1.29 is 4.74 Å². The second-order valence-corrected chi connectivity index (χ2v) is 6.51. The van der Waals surface area contributed by atoms with Crippen molar-refractivity contribution in [2.75, 3.05) is 0 Å². The molecule has 1 saturated carbocycles. The number of hydrogen-bond donors (Lipinski definition) is 0. The lowest BCUT2D eigenvalue weighted by atomic mass is 9.62. The molecule has 6 atom stereocenters. The molecule has 6 heteroatoms. The summed E-state index contributed by atoms with van der Waals surface area (Å²) in [6.45, 7) is 0. The third kappa shape index (κ3) is 1.04. The number of ether oxygens (including phenoxy) is 1. The minimum Gasteiger partial charge on any atom is -0.369 e. The summed E-state index contributed by atoms with van der Waals surface area (Å²) in [4.78, 5) is 25.7. The number of hydrogen-bond acceptors (Lipinski definition) is 3. The van der Waals surface area contributed by atoms with Crippen LogP contribution in [0, 0.1) is 11.8 Å². The third-order valence-electron chi connectivity index (χ3n) is 5.64. The van der Waals surface area contributed by atoms with Gasteiger partial charge in [-0.2, -0.15) is 0 Å². The summed E-state index contributed by atoms with van der Waals surface area (Å²) in [6.07, 6.45) is 4.72. The number of aromatic nitrogens is 3. The van der Waals surface area contributed by atoms with Gasteiger partial charge in [0.2, 0.25) is 0 Å². The Morgan fingerprint density at radius 1 is 0.818 bits per heavy atom. The fourth-order valence-corrected chi connectivity index (χ4v) is 4.68. The van der Waals surface area contributed by atoms with Crippen LogP contribution in [0.15, 0.2) is 52.1 Å². The highest BCUT2D eigenvalue weighted by atomic mass is 16.6. The van der Waals surface area contributed by atoms with Gasteiger partial charge in [0, 0.05) is 11.8 Å². The van der Waals surface area contributed by atoms with E-state index in [9.17, 15) is 9.59 Å². The summed E-state index contributed by atoms with van der Waals surface area (Å²) in [7, 11) is 0. The molecule has 4 heterocycles. The van der Waals surface area contributed by atoms with Crippen molar-refractivity contribution in [1.29, 1.82) is 0 Å². The average Bonchev–Trinajstić information content (AvgIpc) is 3.17. The molecule has 2 fully saturated rings. The molecule has 5 aliphatic rings. The van der Waals surface area contributed by atoms with Crippen LogP contribution in [-0.4, -0.2) is 26.1 Å². The number of para-hydroxylation sites is 1. The number of epoxide rings is 1. The minimum atomic E-state index is -0.252. The van der Waals surface area contributed by atoms with Gasteiger partial charge < -0.3 is 4.74 Å². The normalized spacial score (nSPS) is 38.9. The van der Waals surface area contributed by atoms with Gasteiger partial charge in [-0.3, -0.25) is 0 Å². The zero-order valence-corrected chi connectivity index (χ0v) is 11.6. The molecule has 1 aromatic heterocycles. The molecule has 0 N–H and O–H groups in total. The summed E-state index contributed by atoms with van der Waals surface area (Å²) in [5.74, 6) is 0.701. The quantitative estimate of drug-likeness (QED) is 0.568. The molecular weight excluding hydrogens is 282 g/mol. The molecule has 0 amide bonds. The van der Waals surface area contributed by atoms with E-state index in [0.717, 1.165) is 0 Å². The smallest absolute Gasteiger partial charge is 0.352 e. The highest BCUT2D eigenvalue weighted by molar-refractivity contribution is 5.32. The molecule has 1 aromatic carbocycles. The Morgan fingerprint density at radius 3 is 1.91 bits per heavy atom. The molecule has 0 unspecified atom stereocenters. The zero-order chi connectivity index (χ0) is 14.6. The van der Waals surface area contributed by atoms with E-state index < -0.39 is 0 Å². The van der Waals surface area contributed by atoms with E-state index in [4.69, 9.17) is 4.74 Å². The zero-order valence-electron chi connectivity index (χ0n) is 11.6. The van der Waals surface area contributed by atoms with Crippen molar-refractivity contribution in [3.8, 4) is 5.69 Å². The maximum absolute atomic E-state index is 12.9. The molecule has 0 spiro atoms. The number of fused-ring (bicyclic) bond motifs is 1. The Kier molecular flexibility index (Phi) is 1.72. The Bertz CT molecular complexity index is 896. The van der Waals surface area contributed by atoms with Crippen LogP contribution >= 0.6 is 0 Å². The summed E-state index contributed by atoms with van der Waals surface area (Å²) in [5, 5.41) is 0. The van der Waals surface area contributed by atoms with Gasteiger partial charge in [0.15, 0.2) is 0 Å². The first-order valence-electron chi connectivity index (χ1n) is 7.62. The fourth-order valence-electron chi connectivity index (χ4n) is 4.68. The first-order valence-corrected chi connectivity index (χ1v) is 7.62. The molecule has 3 aliphatic heterocycles. The monoisotopic (exact) mass is 295 g/mol. The Labute approximate surface area is 124 Å². The van der Waals surface area contributed by atoms with Gasteiger partial charge in [0.25, 0.3) is 0 Å². The van der Waals surface area contributed by atoms with Crippen LogP contribution in [-0.2, 0) is 4.74 Å².